The minimum absolute atomic E-state index is 0.0479. The molecule has 3 heterocycles. The molecule has 2 aliphatic rings. The van der Waals surface area contributed by atoms with Crippen LogP contribution in [0.2, 0.25) is 5.02 Å². The molecule has 0 aliphatic carbocycles. The van der Waals surface area contributed by atoms with Crippen LogP contribution in [0.15, 0.2) is 42.6 Å². The number of aromatic nitrogens is 1. The quantitative estimate of drug-likeness (QED) is 0.698. The first-order chi connectivity index (χ1) is 13.7. The zero-order valence-electron chi connectivity index (χ0n) is 15.3. The number of nitrogens with one attached hydrogen (secondary N) is 2. The van der Waals surface area contributed by atoms with Crippen LogP contribution in [0.4, 0.5) is 0 Å². The summed E-state index contributed by atoms with van der Waals surface area (Å²) < 4.78 is 11.7. The average Bonchev–Trinajstić information content (AvgIpc) is 3.44. The first-order valence-electron chi connectivity index (χ1n) is 9.63. The lowest BCUT2D eigenvalue weighted by molar-refractivity contribution is -0.130. The number of hydrogen-bond acceptors (Lipinski definition) is 3. The standard InChI is InChI=1S/C22H21ClN2O3/c23-16-9-15-10-17(12-25-22(26)20-2-1-7-27-20)28-21(15)18(11-16)13-3-4-19-14(8-13)5-6-24-19/h3-6,8-9,11,17,20,24H,1-2,7,10,12H2,(H,25,26)/t17-,20-/m1/s1. The highest BCUT2D eigenvalue weighted by atomic mass is 35.5. The number of carbonyl (C=O) groups is 1. The van der Waals surface area contributed by atoms with Crippen molar-refractivity contribution in [3.63, 3.8) is 0 Å². The van der Waals surface area contributed by atoms with Crippen molar-refractivity contribution in [2.75, 3.05) is 13.2 Å². The first kappa shape index (κ1) is 17.6. The van der Waals surface area contributed by atoms with E-state index in [1.54, 1.807) is 0 Å². The van der Waals surface area contributed by atoms with Crippen LogP contribution in [0, 0.1) is 0 Å². The molecule has 0 saturated carbocycles. The van der Waals surface area contributed by atoms with Crippen molar-refractivity contribution in [2.45, 2.75) is 31.5 Å². The van der Waals surface area contributed by atoms with Crippen molar-refractivity contribution < 1.29 is 14.3 Å². The Morgan fingerprint density at radius 1 is 1.25 bits per heavy atom. The van der Waals surface area contributed by atoms with E-state index < -0.39 is 0 Å². The molecule has 5 nitrogen and oxygen atoms in total. The molecule has 2 aliphatic heterocycles. The van der Waals surface area contributed by atoms with Gasteiger partial charge in [-0.3, -0.25) is 4.79 Å². The summed E-state index contributed by atoms with van der Waals surface area (Å²) in [5.74, 6) is 0.809. The lowest BCUT2D eigenvalue weighted by atomic mass is 9.99. The first-order valence-corrected chi connectivity index (χ1v) is 10.0. The third-order valence-electron chi connectivity index (χ3n) is 5.45. The third-order valence-corrected chi connectivity index (χ3v) is 5.67. The number of fused-ring (bicyclic) bond motifs is 2. The molecule has 2 atom stereocenters. The van der Waals surface area contributed by atoms with Gasteiger partial charge in [0, 0.05) is 40.9 Å². The Balaban J connectivity index is 1.36. The molecule has 0 radical (unpaired) electrons. The molecule has 2 N–H and O–H groups in total. The van der Waals surface area contributed by atoms with Crippen LogP contribution in [0.25, 0.3) is 22.0 Å². The van der Waals surface area contributed by atoms with E-state index in [2.05, 4.69) is 28.5 Å². The second-order valence-corrected chi connectivity index (χ2v) is 7.85. The molecule has 0 unspecified atom stereocenters. The second kappa shape index (κ2) is 7.15. The molecule has 0 spiro atoms. The van der Waals surface area contributed by atoms with Gasteiger partial charge in [-0.15, -0.1) is 0 Å². The van der Waals surface area contributed by atoms with Gasteiger partial charge in [0.05, 0.1) is 6.54 Å². The Bertz CT molecular complexity index is 1040. The molecular formula is C22H21ClN2O3. The summed E-state index contributed by atoms with van der Waals surface area (Å²) in [7, 11) is 0. The SMILES string of the molecule is O=C(NC[C@H]1Cc2cc(Cl)cc(-c3ccc4[nH]ccc4c3)c2O1)[C@H]1CCCO1. The fourth-order valence-electron chi connectivity index (χ4n) is 4.06. The van der Waals surface area contributed by atoms with Crippen LogP contribution in [0.3, 0.4) is 0 Å². The lowest BCUT2D eigenvalue weighted by Gasteiger charge is -2.15. The zero-order valence-corrected chi connectivity index (χ0v) is 16.1. The monoisotopic (exact) mass is 396 g/mol. The van der Waals surface area contributed by atoms with Crippen molar-refractivity contribution in [2.24, 2.45) is 0 Å². The van der Waals surface area contributed by atoms with Gasteiger partial charge in [0.15, 0.2) is 0 Å². The fourth-order valence-corrected chi connectivity index (χ4v) is 4.30. The largest absolute Gasteiger partial charge is 0.487 e. The van der Waals surface area contributed by atoms with Gasteiger partial charge in [-0.05, 0) is 54.1 Å². The Hall–Kier alpha value is -2.50. The molecule has 1 amide bonds. The predicted molar refractivity (Wildman–Crippen MR) is 109 cm³/mol. The van der Waals surface area contributed by atoms with Crippen LogP contribution in [0.1, 0.15) is 18.4 Å². The highest BCUT2D eigenvalue weighted by molar-refractivity contribution is 6.31. The normalized spacial score (nSPS) is 20.9. The summed E-state index contributed by atoms with van der Waals surface area (Å²) in [6.45, 7) is 1.12. The molecule has 1 fully saturated rings. The number of H-pyrrole nitrogens is 1. The van der Waals surface area contributed by atoms with E-state index in [0.717, 1.165) is 52.6 Å². The number of amides is 1. The Kier molecular flexibility index (Phi) is 4.49. The van der Waals surface area contributed by atoms with Crippen LogP contribution in [0.5, 0.6) is 5.75 Å². The second-order valence-electron chi connectivity index (χ2n) is 7.41. The third kappa shape index (κ3) is 3.25. The maximum atomic E-state index is 12.2. The summed E-state index contributed by atoms with van der Waals surface area (Å²) in [5, 5.41) is 4.80. The minimum Gasteiger partial charge on any atom is -0.487 e. The van der Waals surface area contributed by atoms with Crippen LogP contribution >= 0.6 is 11.6 Å². The number of rotatable bonds is 4. The maximum Gasteiger partial charge on any atom is 0.249 e. The van der Waals surface area contributed by atoms with Crippen LogP contribution in [-0.4, -0.2) is 36.3 Å². The molecule has 3 aromatic rings. The van der Waals surface area contributed by atoms with Crippen molar-refractivity contribution in [1.29, 1.82) is 0 Å². The summed E-state index contributed by atoms with van der Waals surface area (Å²) in [4.78, 5) is 15.4. The van der Waals surface area contributed by atoms with Crippen molar-refractivity contribution >= 4 is 28.4 Å². The molecule has 2 aromatic carbocycles. The average molecular weight is 397 g/mol. The van der Waals surface area contributed by atoms with Crippen LogP contribution in [-0.2, 0) is 16.0 Å². The van der Waals surface area contributed by atoms with Gasteiger partial charge < -0.3 is 19.8 Å². The van der Waals surface area contributed by atoms with E-state index in [1.165, 1.54) is 0 Å². The van der Waals surface area contributed by atoms with E-state index >= 15 is 0 Å². The van der Waals surface area contributed by atoms with Crippen LogP contribution < -0.4 is 10.1 Å². The van der Waals surface area contributed by atoms with E-state index in [9.17, 15) is 4.79 Å². The number of benzene rings is 2. The number of carbonyl (C=O) groups excluding carboxylic acids is 1. The lowest BCUT2D eigenvalue weighted by Crippen LogP contribution is -2.40. The summed E-state index contributed by atoms with van der Waals surface area (Å²) in [6, 6.07) is 12.2. The van der Waals surface area contributed by atoms with Gasteiger partial charge in [0.2, 0.25) is 5.91 Å². The molecule has 28 heavy (non-hydrogen) atoms. The van der Waals surface area contributed by atoms with E-state index in [4.69, 9.17) is 21.1 Å². The summed E-state index contributed by atoms with van der Waals surface area (Å²) in [5.41, 5.74) is 4.22. The smallest absolute Gasteiger partial charge is 0.249 e. The Labute approximate surface area is 168 Å². The zero-order chi connectivity index (χ0) is 19.1. The summed E-state index contributed by atoms with van der Waals surface area (Å²) in [6.07, 6.45) is 3.96. The molecule has 6 heteroatoms. The number of halogens is 1. The Morgan fingerprint density at radius 3 is 3.04 bits per heavy atom. The van der Waals surface area contributed by atoms with Crippen molar-refractivity contribution in [3.8, 4) is 16.9 Å². The highest BCUT2D eigenvalue weighted by Crippen LogP contribution is 2.41. The van der Waals surface area contributed by atoms with Gasteiger partial charge in [-0.1, -0.05) is 17.7 Å². The minimum atomic E-state index is -0.318. The van der Waals surface area contributed by atoms with Gasteiger partial charge in [-0.25, -0.2) is 0 Å². The molecule has 5 rings (SSSR count). The van der Waals surface area contributed by atoms with E-state index in [0.29, 0.717) is 18.2 Å². The topological polar surface area (TPSA) is 63.4 Å². The van der Waals surface area contributed by atoms with Crippen molar-refractivity contribution in [3.05, 3.63) is 53.2 Å². The number of hydrogen-bond donors (Lipinski definition) is 2. The molecule has 144 valence electrons. The van der Waals surface area contributed by atoms with E-state index in [-0.39, 0.29) is 18.1 Å². The van der Waals surface area contributed by atoms with Crippen molar-refractivity contribution in [1.82, 2.24) is 10.3 Å². The van der Waals surface area contributed by atoms with Gasteiger partial charge in [0.1, 0.15) is 18.0 Å². The molecule has 0 bridgehead atoms. The fraction of sp³-hybridized carbons (Fsp3) is 0.318. The predicted octanol–water partition coefficient (Wildman–Crippen LogP) is 4.09. The molecular weight excluding hydrogens is 376 g/mol. The summed E-state index contributed by atoms with van der Waals surface area (Å²) >= 11 is 6.39. The van der Waals surface area contributed by atoms with Gasteiger partial charge in [-0.2, -0.15) is 0 Å². The molecule has 1 aromatic heterocycles. The number of aromatic amines is 1. The maximum absolute atomic E-state index is 12.2. The van der Waals surface area contributed by atoms with E-state index in [1.807, 2.05) is 24.4 Å². The van der Waals surface area contributed by atoms with Gasteiger partial charge >= 0.3 is 0 Å². The molecule has 1 saturated heterocycles. The van der Waals surface area contributed by atoms with Gasteiger partial charge in [0.25, 0.3) is 0 Å². The highest BCUT2D eigenvalue weighted by Gasteiger charge is 2.29. The number of ether oxygens (including phenoxy) is 2. The Morgan fingerprint density at radius 2 is 2.18 bits per heavy atom.